The average Bonchev–Trinajstić information content (AvgIpc) is 3.31. The van der Waals surface area contributed by atoms with Crippen molar-refractivity contribution < 1.29 is 14.6 Å². The van der Waals surface area contributed by atoms with Crippen molar-refractivity contribution in [2.24, 2.45) is 22.7 Å². The molecule has 0 aromatic rings. The highest BCUT2D eigenvalue weighted by atomic mass is 16.5. The van der Waals surface area contributed by atoms with Crippen LogP contribution in [-0.4, -0.2) is 28.7 Å². The lowest BCUT2D eigenvalue weighted by Crippen LogP contribution is -2.47. The molecule has 0 radical (unpaired) electrons. The average molecular weight is 583 g/mol. The van der Waals surface area contributed by atoms with Gasteiger partial charge in [-0.25, -0.2) is 0 Å². The molecule has 2 heterocycles. The van der Waals surface area contributed by atoms with Crippen molar-refractivity contribution in [2.45, 2.75) is 99.9 Å². The van der Waals surface area contributed by atoms with Gasteiger partial charge in [0, 0.05) is 11.3 Å². The van der Waals surface area contributed by atoms with Gasteiger partial charge in [-0.1, -0.05) is 154 Å². The summed E-state index contributed by atoms with van der Waals surface area (Å²) >= 11 is 0. The number of carbonyl (C=O) groups excluding carboxylic acids is 1. The fourth-order valence-electron chi connectivity index (χ4n) is 6.81. The van der Waals surface area contributed by atoms with Crippen molar-refractivity contribution in [1.29, 1.82) is 0 Å². The molecular weight excluding hydrogens is 528 g/mol. The number of ketones is 1. The van der Waals surface area contributed by atoms with Gasteiger partial charge < -0.3 is 9.84 Å². The topological polar surface area (TPSA) is 46.5 Å². The number of hydrogen-bond donors (Lipinski definition) is 1. The predicted octanol–water partition coefficient (Wildman–Crippen LogP) is 9.68. The Balaban J connectivity index is 1.51. The quantitative estimate of drug-likeness (QED) is 0.206. The molecule has 0 aromatic carbocycles. The molecule has 2 saturated heterocycles. The molecule has 2 fully saturated rings. The Hall–Kier alpha value is -3.01. The first-order valence-electron chi connectivity index (χ1n) is 15.7. The van der Waals surface area contributed by atoms with Crippen LogP contribution in [0.2, 0.25) is 0 Å². The number of rotatable bonds is 10. The molecule has 3 aliphatic rings. The lowest BCUT2D eigenvalue weighted by Gasteiger charge is -2.40. The largest absolute Gasteiger partial charge is 0.389 e. The van der Waals surface area contributed by atoms with Gasteiger partial charge in [0.1, 0.15) is 11.7 Å². The molecule has 1 aliphatic carbocycles. The van der Waals surface area contributed by atoms with E-state index in [0.717, 1.165) is 24.0 Å². The van der Waals surface area contributed by atoms with Gasteiger partial charge in [0.05, 0.1) is 12.0 Å². The maximum absolute atomic E-state index is 12.5. The van der Waals surface area contributed by atoms with Gasteiger partial charge in [-0.15, -0.1) is 0 Å². The number of aliphatic hydroxyl groups excluding tert-OH is 1. The molecule has 3 heteroatoms. The Morgan fingerprint density at radius 1 is 0.814 bits per heavy atom. The summed E-state index contributed by atoms with van der Waals surface area (Å²) in [5, 5.41) is 10.1. The molecule has 0 amide bonds. The summed E-state index contributed by atoms with van der Waals surface area (Å²) in [6.07, 6.45) is 32.6. The zero-order valence-corrected chi connectivity index (χ0v) is 28.1. The van der Waals surface area contributed by atoms with Crippen molar-refractivity contribution in [3.63, 3.8) is 0 Å². The van der Waals surface area contributed by atoms with E-state index in [1.54, 1.807) is 0 Å². The van der Waals surface area contributed by atoms with Crippen molar-refractivity contribution >= 4 is 5.78 Å². The van der Waals surface area contributed by atoms with Crippen LogP contribution in [0.25, 0.3) is 0 Å². The van der Waals surface area contributed by atoms with Crippen LogP contribution in [0.1, 0.15) is 82.1 Å². The number of fused-ring (bicyclic) bond motifs is 2. The highest BCUT2D eigenvalue weighted by Gasteiger charge is 2.65. The van der Waals surface area contributed by atoms with Gasteiger partial charge in [-0.3, -0.25) is 4.79 Å². The van der Waals surface area contributed by atoms with Crippen LogP contribution in [0.3, 0.4) is 0 Å². The Morgan fingerprint density at radius 2 is 1.33 bits per heavy atom. The second kappa shape index (κ2) is 14.2. The fraction of sp³-hybridized carbons (Fsp3) is 0.475. The molecule has 5 atom stereocenters. The number of aliphatic hydroxyl groups is 1. The van der Waals surface area contributed by atoms with E-state index in [0.29, 0.717) is 5.92 Å². The molecule has 3 nitrogen and oxygen atoms in total. The molecule has 1 N–H and O–H groups in total. The molecule has 43 heavy (non-hydrogen) atoms. The number of allylic oxidation sites excluding steroid dienone is 18. The van der Waals surface area contributed by atoms with E-state index in [2.05, 4.69) is 147 Å². The highest BCUT2D eigenvalue weighted by molar-refractivity contribution is 5.90. The number of ether oxygens (including phenoxy) is 1. The van der Waals surface area contributed by atoms with Gasteiger partial charge in [0.25, 0.3) is 0 Å². The minimum atomic E-state index is -0.504. The van der Waals surface area contributed by atoms with Gasteiger partial charge >= 0.3 is 0 Å². The summed E-state index contributed by atoms with van der Waals surface area (Å²) < 4.78 is 6.22. The lowest BCUT2D eigenvalue weighted by atomic mass is 9.62. The number of carbonyl (C=O) groups is 1. The third-order valence-electron chi connectivity index (χ3n) is 9.41. The minimum absolute atomic E-state index is 0.0471. The summed E-state index contributed by atoms with van der Waals surface area (Å²) in [6.45, 7) is 21.4. The van der Waals surface area contributed by atoms with Crippen LogP contribution in [0.4, 0.5) is 0 Å². The van der Waals surface area contributed by atoms with Gasteiger partial charge in [-0.2, -0.15) is 0 Å². The van der Waals surface area contributed by atoms with E-state index in [-0.39, 0.29) is 34.7 Å². The molecule has 2 bridgehead atoms. The van der Waals surface area contributed by atoms with Crippen LogP contribution in [0.5, 0.6) is 0 Å². The van der Waals surface area contributed by atoms with E-state index in [9.17, 15) is 9.90 Å². The highest BCUT2D eigenvalue weighted by Crippen LogP contribution is 2.57. The smallest absolute Gasteiger partial charge is 0.167 e. The lowest BCUT2D eigenvalue weighted by molar-refractivity contribution is -0.125. The van der Waals surface area contributed by atoms with Crippen LogP contribution < -0.4 is 0 Å². The first kappa shape index (κ1) is 34.5. The Morgan fingerprint density at radius 3 is 1.86 bits per heavy atom. The zero-order valence-electron chi connectivity index (χ0n) is 28.1. The summed E-state index contributed by atoms with van der Waals surface area (Å²) in [7, 11) is 0. The SMILES string of the molecule is CC(C=CC=C(C)C=CC1C(C)=CC(O)CC1(C)C)=CC=CC=C(C)C=CC=C(C)C=CC12OC(CC1(C)C)C(=O)C2C. The molecule has 232 valence electrons. The Labute approximate surface area is 261 Å². The number of hydrogen-bond acceptors (Lipinski definition) is 3. The third kappa shape index (κ3) is 8.55. The zero-order chi connectivity index (χ0) is 32.0. The normalized spacial score (nSPS) is 32.1. The molecule has 0 spiro atoms. The molecule has 0 aromatic heterocycles. The van der Waals surface area contributed by atoms with Crippen molar-refractivity contribution in [3.05, 3.63) is 119 Å². The molecule has 2 aliphatic heterocycles. The first-order valence-corrected chi connectivity index (χ1v) is 15.7. The predicted molar refractivity (Wildman–Crippen MR) is 183 cm³/mol. The van der Waals surface area contributed by atoms with Gasteiger partial charge in [-0.05, 0) is 52.9 Å². The van der Waals surface area contributed by atoms with E-state index < -0.39 is 5.60 Å². The summed E-state index contributed by atoms with van der Waals surface area (Å²) in [5.41, 5.74) is 5.41. The van der Waals surface area contributed by atoms with Crippen molar-refractivity contribution in [2.75, 3.05) is 0 Å². The van der Waals surface area contributed by atoms with Crippen LogP contribution in [0.15, 0.2) is 119 Å². The Bertz CT molecular complexity index is 1350. The third-order valence-corrected chi connectivity index (χ3v) is 9.41. The molecule has 3 rings (SSSR count). The minimum Gasteiger partial charge on any atom is -0.389 e. The van der Waals surface area contributed by atoms with Gasteiger partial charge in [0.2, 0.25) is 0 Å². The summed E-state index contributed by atoms with van der Waals surface area (Å²) in [6, 6.07) is 0. The first-order chi connectivity index (χ1) is 20.1. The Kier molecular flexibility index (Phi) is 11.4. The van der Waals surface area contributed by atoms with E-state index in [4.69, 9.17) is 4.74 Å². The maximum atomic E-state index is 12.5. The van der Waals surface area contributed by atoms with E-state index >= 15 is 0 Å². The fourth-order valence-corrected chi connectivity index (χ4v) is 6.81. The van der Waals surface area contributed by atoms with Crippen molar-refractivity contribution in [3.8, 4) is 0 Å². The molecular formula is C40H54O3. The molecule has 0 saturated carbocycles. The van der Waals surface area contributed by atoms with Crippen LogP contribution >= 0.6 is 0 Å². The molecule has 5 unspecified atom stereocenters. The summed E-state index contributed by atoms with van der Waals surface area (Å²) in [5.74, 6) is 0.479. The second-order valence-corrected chi connectivity index (χ2v) is 14.2. The summed E-state index contributed by atoms with van der Waals surface area (Å²) in [4.78, 5) is 12.5. The van der Waals surface area contributed by atoms with Crippen LogP contribution in [0, 0.1) is 22.7 Å². The van der Waals surface area contributed by atoms with Crippen molar-refractivity contribution in [1.82, 2.24) is 0 Å². The second-order valence-electron chi connectivity index (χ2n) is 14.2. The van der Waals surface area contributed by atoms with Crippen LogP contribution in [-0.2, 0) is 9.53 Å². The van der Waals surface area contributed by atoms with E-state index in [1.807, 2.05) is 13.0 Å². The maximum Gasteiger partial charge on any atom is 0.167 e. The monoisotopic (exact) mass is 582 g/mol. The number of Topliss-reactive ketones (excluding diaryl/α,β-unsaturated/α-hetero) is 1. The van der Waals surface area contributed by atoms with E-state index in [1.165, 1.54) is 16.7 Å². The standard InChI is InChI=1S/C40H54O3/c1-28(17-13-19-30(3)21-22-35-32(5)25-34(41)26-38(35,7)8)15-11-12-16-29(2)18-14-20-31(4)23-24-40-33(6)37(42)36(43-40)27-39(40,9)10/h11-25,33-36,41H,26-27H2,1-10H3. The van der Waals surface area contributed by atoms with Gasteiger partial charge in [0.15, 0.2) is 5.78 Å².